The smallest absolute Gasteiger partial charge is 0.231 e. The van der Waals surface area contributed by atoms with Crippen LogP contribution in [-0.2, 0) is 9.59 Å². The Kier molecular flexibility index (Phi) is 3.18. The Morgan fingerprint density at radius 2 is 1.61 bits per heavy atom. The molecule has 4 nitrogen and oxygen atoms in total. The molecular formula is C14H20N2O2. The number of piperidine rings is 1. The van der Waals surface area contributed by atoms with Crippen LogP contribution < -0.4 is 0 Å². The zero-order chi connectivity index (χ0) is 13.4. The number of nitriles is 1. The van der Waals surface area contributed by atoms with Gasteiger partial charge in [-0.25, -0.2) is 0 Å². The molecule has 0 aromatic carbocycles. The minimum absolute atomic E-state index is 0.103. The van der Waals surface area contributed by atoms with Crippen molar-refractivity contribution in [2.45, 2.75) is 64.3 Å². The van der Waals surface area contributed by atoms with Gasteiger partial charge in [-0.15, -0.1) is 0 Å². The fourth-order valence-electron chi connectivity index (χ4n) is 3.33. The monoisotopic (exact) mass is 248 g/mol. The predicted octanol–water partition coefficient (Wildman–Crippen LogP) is 2.39. The molecule has 0 atom stereocenters. The van der Waals surface area contributed by atoms with Gasteiger partial charge >= 0.3 is 0 Å². The van der Waals surface area contributed by atoms with E-state index in [4.69, 9.17) is 5.26 Å². The summed E-state index contributed by atoms with van der Waals surface area (Å²) in [5.74, 6) is -0.334. The molecule has 1 aliphatic carbocycles. The highest BCUT2D eigenvalue weighted by molar-refractivity contribution is 5.99. The molecule has 1 spiro atoms. The van der Waals surface area contributed by atoms with Crippen LogP contribution in [-0.4, -0.2) is 22.3 Å². The van der Waals surface area contributed by atoms with Gasteiger partial charge in [0.1, 0.15) is 5.54 Å². The molecule has 0 aromatic rings. The fraction of sp³-hybridized carbons (Fsp3) is 0.786. The summed E-state index contributed by atoms with van der Waals surface area (Å²) in [4.78, 5) is 25.6. The van der Waals surface area contributed by atoms with Crippen LogP contribution in [0.2, 0.25) is 0 Å². The maximum absolute atomic E-state index is 12.2. The maximum atomic E-state index is 12.2. The molecule has 18 heavy (non-hydrogen) atoms. The van der Waals surface area contributed by atoms with E-state index in [9.17, 15) is 9.59 Å². The first-order valence-electron chi connectivity index (χ1n) is 6.67. The van der Waals surface area contributed by atoms with E-state index in [1.165, 1.54) is 11.3 Å². The molecule has 2 aliphatic rings. The zero-order valence-electron chi connectivity index (χ0n) is 11.2. The van der Waals surface area contributed by atoms with Crippen molar-refractivity contribution < 1.29 is 9.59 Å². The van der Waals surface area contributed by atoms with Crippen LogP contribution in [0.3, 0.4) is 0 Å². The van der Waals surface area contributed by atoms with Crippen LogP contribution in [0.25, 0.3) is 0 Å². The normalized spacial score (nSPS) is 24.2. The predicted molar refractivity (Wildman–Crippen MR) is 66.3 cm³/mol. The van der Waals surface area contributed by atoms with Crippen LogP contribution in [0.5, 0.6) is 0 Å². The topological polar surface area (TPSA) is 61.2 Å². The third kappa shape index (κ3) is 2.14. The van der Waals surface area contributed by atoms with Gasteiger partial charge in [0.2, 0.25) is 11.8 Å². The van der Waals surface area contributed by atoms with Crippen molar-refractivity contribution in [1.82, 2.24) is 4.90 Å². The van der Waals surface area contributed by atoms with E-state index in [-0.39, 0.29) is 17.2 Å². The maximum Gasteiger partial charge on any atom is 0.231 e. The minimum atomic E-state index is -1.02. The van der Waals surface area contributed by atoms with Crippen LogP contribution in [0, 0.1) is 16.7 Å². The lowest BCUT2D eigenvalue weighted by atomic mass is 9.67. The number of hydrogen-bond acceptors (Lipinski definition) is 3. The average molecular weight is 248 g/mol. The van der Waals surface area contributed by atoms with Crippen LogP contribution in [0.4, 0.5) is 0 Å². The van der Waals surface area contributed by atoms with E-state index in [0.29, 0.717) is 12.8 Å². The molecule has 4 heteroatoms. The summed E-state index contributed by atoms with van der Waals surface area (Å²) in [6.45, 7) is 3.25. The van der Waals surface area contributed by atoms with Gasteiger partial charge in [-0.1, -0.05) is 19.3 Å². The van der Waals surface area contributed by atoms with E-state index in [1.807, 2.05) is 6.07 Å². The number of carbonyl (C=O) groups is 2. The van der Waals surface area contributed by atoms with E-state index in [0.717, 1.165) is 25.7 Å². The van der Waals surface area contributed by atoms with Gasteiger partial charge in [-0.3, -0.25) is 14.5 Å². The lowest BCUT2D eigenvalue weighted by Crippen LogP contribution is -2.56. The molecule has 0 N–H and O–H groups in total. The highest BCUT2D eigenvalue weighted by atomic mass is 16.2. The number of rotatable bonds is 1. The summed E-state index contributed by atoms with van der Waals surface area (Å²) in [6, 6.07) is 2.05. The van der Waals surface area contributed by atoms with Crippen molar-refractivity contribution in [1.29, 1.82) is 5.26 Å². The SMILES string of the molecule is CC(C)(C#N)N1C(=O)CC2(CCCCC2)CC1=O. The summed E-state index contributed by atoms with van der Waals surface area (Å²) in [5.41, 5.74) is -1.13. The van der Waals surface area contributed by atoms with Gasteiger partial charge in [0.15, 0.2) is 0 Å². The van der Waals surface area contributed by atoms with E-state index < -0.39 is 5.54 Å². The first-order valence-corrected chi connectivity index (χ1v) is 6.67. The number of carbonyl (C=O) groups excluding carboxylic acids is 2. The number of amides is 2. The molecule has 2 amide bonds. The van der Waals surface area contributed by atoms with Gasteiger partial charge in [0.25, 0.3) is 0 Å². The zero-order valence-corrected chi connectivity index (χ0v) is 11.2. The summed E-state index contributed by atoms with van der Waals surface area (Å²) in [6.07, 6.45) is 6.26. The number of nitrogens with zero attached hydrogens (tertiary/aromatic N) is 2. The second-order valence-electron chi connectivity index (χ2n) is 6.21. The Bertz CT molecular complexity index is 394. The van der Waals surface area contributed by atoms with Gasteiger partial charge in [-0.05, 0) is 32.1 Å². The molecule has 2 fully saturated rings. The van der Waals surface area contributed by atoms with Gasteiger partial charge in [0, 0.05) is 12.8 Å². The molecule has 0 unspecified atom stereocenters. The van der Waals surface area contributed by atoms with Crippen molar-refractivity contribution >= 4 is 11.8 Å². The van der Waals surface area contributed by atoms with Gasteiger partial charge in [0.05, 0.1) is 6.07 Å². The first kappa shape index (κ1) is 13.1. The summed E-state index contributed by atoms with van der Waals surface area (Å²) >= 11 is 0. The third-order valence-corrected chi connectivity index (χ3v) is 4.30. The highest BCUT2D eigenvalue weighted by Gasteiger charge is 2.48. The van der Waals surface area contributed by atoms with Gasteiger partial charge < -0.3 is 0 Å². The lowest BCUT2D eigenvalue weighted by Gasteiger charge is -2.45. The average Bonchev–Trinajstić information content (AvgIpc) is 2.28. The van der Waals surface area contributed by atoms with E-state index >= 15 is 0 Å². The molecule has 0 aromatic heterocycles. The molecule has 98 valence electrons. The summed E-state index contributed by atoms with van der Waals surface area (Å²) in [5, 5.41) is 9.09. The highest BCUT2D eigenvalue weighted by Crippen LogP contribution is 2.46. The van der Waals surface area contributed by atoms with Gasteiger partial charge in [-0.2, -0.15) is 5.26 Å². The minimum Gasteiger partial charge on any atom is -0.274 e. The van der Waals surface area contributed by atoms with Crippen molar-refractivity contribution in [3.8, 4) is 6.07 Å². The number of imide groups is 1. The van der Waals surface area contributed by atoms with Crippen LogP contribution in [0.1, 0.15) is 58.8 Å². The second kappa shape index (κ2) is 4.38. The number of likely N-dealkylation sites (tertiary alicyclic amines) is 1. The molecular weight excluding hydrogens is 228 g/mol. The van der Waals surface area contributed by atoms with Crippen molar-refractivity contribution in [3.05, 3.63) is 0 Å². The Hall–Kier alpha value is -1.37. The van der Waals surface area contributed by atoms with Crippen molar-refractivity contribution in [2.75, 3.05) is 0 Å². The molecule has 1 saturated heterocycles. The van der Waals surface area contributed by atoms with Crippen LogP contribution in [0.15, 0.2) is 0 Å². The Morgan fingerprint density at radius 3 is 2.06 bits per heavy atom. The lowest BCUT2D eigenvalue weighted by molar-refractivity contribution is -0.159. The Balaban J connectivity index is 2.21. The number of hydrogen-bond donors (Lipinski definition) is 0. The fourth-order valence-corrected chi connectivity index (χ4v) is 3.33. The Morgan fingerprint density at radius 1 is 1.11 bits per heavy atom. The molecule has 0 radical (unpaired) electrons. The standard InChI is InChI=1S/C14H20N2O2/c1-13(2,10-15)16-11(17)8-14(9-12(16)18)6-4-3-5-7-14/h3-9H2,1-2H3. The molecule has 0 bridgehead atoms. The molecule has 1 heterocycles. The third-order valence-electron chi connectivity index (χ3n) is 4.30. The molecule has 2 rings (SSSR count). The summed E-state index contributed by atoms with van der Waals surface area (Å²) in [7, 11) is 0. The van der Waals surface area contributed by atoms with Crippen LogP contribution >= 0.6 is 0 Å². The molecule has 1 aliphatic heterocycles. The quantitative estimate of drug-likeness (QED) is 0.669. The van der Waals surface area contributed by atoms with E-state index in [2.05, 4.69) is 0 Å². The first-order chi connectivity index (χ1) is 8.40. The van der Waals surface area contributed by atoms with E-state index in [1.54, 1.807) is 13.8 Å². The second-order valence-corrected chi connectivity index (χ2v) is 6.21. The Labute approximate surface area is 108 Å². The molecule has 1 saturated carbocycles. The summed E-state index contributed by atoms with van der Waals surface area (Å²) < 4.78 is 0. The largest absolute Gasteiger partial charge is 0.274 e. The van der Waals surface area contributed by atoms with Crippen molar-refractivity contribution in [3.63, 3.8) is 0 Å². The van der Waals surface area contributed by atoms with Crippen molar-refractivity contribution in [2.24, 2.45) is 5.41 Å².